The first-order chi connectivity index (χ1) is 8.65. The highest BCUT2D eigenvalue weighted by Crippen LogP contribution is 2.28. The number of nitrogens with zero attached hydrogens (tertiary/aromatic N) is 1. The maximum absolute atomic E-state index is 11.7. The zero-order valence-electron chi connectivity index (χ0n) is 11.0. The van der Waals surface area contributed by atoms with E-state index in [2.05, 4.69) is 4.72 Å². The lowest BCUT2D eigenvalue weighted by atomic mass is 10.0. The van der Waals surface area contributed by atoms with E-state index < -0.39 is 22.4 Å². The van der Waals surface area contributed by atoms with Crippen LogP contribution in [0.5, 0.6) is 5.75 Å². The summed E-state index contributed by atoms with van der Waals surface area (Å²) < 4.78 is 26.6. The number of aliphatic hydroxyl groups excluding tert-OH is 1. The van der Waals surface area contributed by atoms with Crippen molar-refractivity contribution in [3.63, 3.8) is 0 Å². The van der Waals surface area contributed by atoms with Crippen LogP contribution in [0, 0.1) is 0 Å². The molecule has 2 atom stereocenters. The fraction of sp³-hybridized carbons (Fsp3) is 0.455. The second kappa shape index (κ2) is 5.74. The van der Waals surface area contributed by atoms with Gasteiger partial charge in [0.15, 0.2) is 0 Å². The van der Waals surface area contributed by atoms with Crippen molar-refractivity contribution in [3.05, 3.63) is 23.8 Å². The van der Waals surface area contributed by atoms with E-state index in [0.717, 1.165) is 4.31 Å². The minimum Gasteiger partial charge on any atom is -0.506 e. The molecule has 0 bridgehead atoms. The second-order valence-electron chi connectivity index (χ2n) is 4.47. The van der Waals surface area contributed by atoms with Crippen LogP contribution in [-0.4, -0.2) is 43.1 Å². The molecule has 108 valence electrons. The van der Waals surface area contributed by atoms with E-state index >= 15 is 0 Å². The van der Waals surface area contributed by atoms with Gasteiger partial charge in [0.2, 0.25) is 0 Å². The van der Waals surface area contributed by atoms with Crippen molar-refractivity contribution in [2.24, 2.45) is 5.73 Å². The molecule has 0 radical (unpaired) electrons. The number of hydrogen-bond donors (Lipinski definition) is 4. The smallest absolute Gasteiger partial charge is 0.301 e. The van der Waals surface area contributed by atoms with Crippen molar-refractivity contribution < 1.29 is 18.6 Å². The van der Waals surface area contributed by atoms with Gasteiger partial charge in [0.05, 0.1) is 11.8 Å². The van der Waals surface area contributed by atoms with E-state index in [4.69, 9.17) is 5.73 Å². The monoisotopic (exact) mass is 289 g/mol. The van der Waals surface area contributed by atoms with Crippen molar-refractivity contribution >= 4 is 15.9 Å². The molecule has 0 saturated heterocycles. The summed E-state index contributed by atoms with van der Waals surface area (Å²) >= 11 is 0. The fourth-order valence-electron chi connectivity index (χ4n) is 1.35. The Kier molecular flexibility index (Phi) is 4.75. The standard InChI is InChI=1S/C11H19N3O4S/c1-7(12)11(16)8-4-5-10(15)9(6-8)13-19(17,18)14(2)3/h4-7,11,13,15-16H,12H2,1-3H3. The van der Waals surface area contributed by atoms with Gasteiger partial charge in [-0.1, -0.05) is 6.07 Å². The molecule has 0 aromatic heterocycles. The van der Waals surface area contributed by atoms with Crippen molar-refractivity contribution in [2.45, 2.75) is 19.1 Å². The molecular weight excluding hydrogens is 270 g/mol. The quantitative estimate of drug-likeness (QED) is 0.569. The molecule has 5 N–H and O–H groups in total. The van der Waals surface area contributed by atoms with Gasteiger partial charge in [-0.25, -0.2) is 0 Å². The number of aliphatic hydroxyl groups is 1. The Bertz CT molecular complexity index is 543. The van der Waals surface area contributed by atoms with Crippen LogP contribution in [0.15, 0.2) is 18.2 Å². The largest absolute Gasteiger partial charge is 0.506 e. The Balaban J connectivity index is 3.12. The molecule has 0 saturated carbocycles. The summed E-state index contributed by atoms with van der Waals surface area (Å²) in [6, 6.07) is 3.62. The van der Waals surface area contributed by atoms with E-state index in [1.807, 2.05) is 0 Å². The van der Waals surface area contributed by atoms with Gasteiger partial charge in [0, 0.05) is 20.1 Å². The predicted molar refractivity (Wildman–Crippen MR) is 72.9 cm³/mol. The topological polar surface area (TPSA) is 116 Å². The van der Waals surface area contributed by atoms with E-state index in [9.17, 15) is 18.6 Å². The van der Waals surface area contributed by atoms with E-state index in [1.165, 1.54) is 32.3 Å². The number of nitrogens with two attached hydrogens (primary N) is 1. The molecule has 7 nitrogen and oxygen atoms in total. The van der Waals surface area contributed by atoms with Crippen LogP contribution in [-0.2, 0) is 10.2 Å². The average molecular weight is 289 g/mol. The van der Waals surface area contributed by atoms with E-state index in [-0.39, 0.29) is 11.4 Å². The molecule has 0 aliphatic rings. The maximum Gasteiger partial charge on any atom is 0.301 e. The molecule has 0 aliphatic heterocycles. The Morgan fingerprint density at radius 3 is 2.42 bits per heavy atom. The summed E-state index contributed by atoms with van der Waals surface area (Å²) in [6.07, 6.45) is -0.941. The normalized spacial score (nSPS) is 15.3. The van der Waals surface area contributed by atoms with Gasteiger partial charge in [0.25, 0.3) is 0 Å². The van der Waals surface area contributed by atoms with Crippen molar-refractivity contribution in [2.75, 3.05) is 18.8 Å². The third-order valence-corrected chi connectivity index (χ3v) is 4.02. The van der Waals surface area contributed by atoms with Crippen LogP contribution < -0.4 is 10.5 Å². The number of aromatic hydroxyl groups is 1. The summed E-state index contributed by atoms with van der Waals surface area (Å²) in [5, 5.41) is 19.5. The number of anilines is 1. The maximum atomic E-state index is 11.7. The highest BCUT2D eigenvalue weighted by Gasteiger charge is 2.18. The second-order valence-corrected chi connectivity index (χ2v) is 6.35. The average Bonchev–Trinajstić information content (AvgIpc) is 2.30. The number of phenols is 1. The molecule has 19 heavy (non-hydrogen) atoms. The lowest BCUT2D eigenvalue weighted by Gasteiger charge is -2.18. The van der Waals surface area contributed by atoms with Gasteiger partial charge in [-0.3, -0.25) is 4.72 Å². The van der Waals surface area contributed by atoms with Crippen LogP contribution >= 0.6 is 0 Å². The summed E-state index contributed by atoms with van der Waals surface area (Å²) in [6.45, 7) is 1.63. The van der Waals surface area contributed by atoms with Gasteiger partial charge in [-0.2, -0.15) is 12.7 Å². The number of rotatable bonds is 5. The molecular formula is C11H19N3O4S. The number of benzene rings is 1. The lowest BCUT2D eigenvalue weighted by Crippen LogP contribution is -2.29. The minimum atomic E-state index is -3.73. The Morgan fingerprint density at radius 1 is 1.37 bits per heavy atom. The van der Waals surface area contributed by atoms with Gasteiger partial charge in [-0.15, -0.1) is 0 Å². The van der Waals surface area contributed by atoms with Gasteiger partial charge >= 0.3 is 10.2 Å². The molecule has 0 spiro atoms. The van der Waals surface area contributed by atoms with E-state index in [0.29, 0.717) is 5.56 Å². The van der Waals surface area contributed by atoms with Crippen LogP contribution in [0.1, 0.15) is 18.6 Å². The molecule has 0 amide bonds. The molecule has 0 heterocycles. The molecule has 1 aromatic carbocycles. The van der Waals surface area contributed by atoms with Crippen LogP contribution in [0.2, 0.25) is 0 Å². The van der Waals surface area contributed by atoms with Crippen LogP contribution in [0.3, 0.4) is 0 Å². The highest BCUT2D eigenvalue weighted by molar-refractivity contribution is 7.90. The molecule has 1 rings (SSSR count). The molecule has 2 unspecified atom stereocenters. The van der Waals surface area contributed by atoms with Crippen LogP contribution in [0.4, 0.5) is 5.69 Å². The zero-order chi connectivity index (χ0) is 14.8. The third kappa shape index (κ3) is 3.80. The van der Waals surface area contributed by atoms with Crippen molar-refractivity contribution in [3.8, 4) is 5.75 Å². The summed E-state index contributed by atoms with van der Waals surface area (Å²) in [4.78, 5) is 0. The first kappa shape index (κ1) is 15.7. The molecule has 1 aromatic rings. The highest BCUT2D eigenvalue weighted by atomic mass is 32.2. The zero-order valence-corrected chi connectivity index (χ0v) is 11.8. The van der Waals surface area contributed by atoms with Gasteiger partial charge in [0.1, 0.15) is 5.75 Å². The molecule has 0 aliphatic carbocycles. The van der Waals surface area contributed by atoms with Crippen molar-refractivity contribution in [1.29, 1.82) is 0 Å². The van der Waals surface area contributed by atoms with Gasteiger partial charge < -0.3 is 15.9 Å². The summed E-state index contributed by atoms with van der Waals surface area (Å²) in [7, 11) is -1.00. The third-order valence-electron chi connectivity index (χ3n) is 2.58. The fourth-order valence-corrected chi connectivity index (χ4v) is 1.98. The molecule has 8 heteroatoms. The lowest BCUT2D eigenvalue weighted by molar-refractivity contribution is 0.153. The number of phenolic OH excluding ortho intramolecular Hbond substituents is 1. The van der Waals surface area contributed by atoms with Crippen molar-refractivity contribution in [1.82, 2.24) is 4.31 Å². The summed E-state index contributed by atoms with van der Waals surface area (Å²) in [5.41, 5.74) is 5.98. The SMILES string of the molecule is CC(N)C(O)c1ccc(O)c(NS(=O)(=O)N(C)C)c1. The van der Waals surface area contributed by atoms with E-state index in [1.54, 1.807) is 6.92 Å². The number of nitrogens with one attached hydrogen (secondary N) is 1. The first-order valence-corrected chi connectivity index (χ1v) is 7.06. The van der Waals surface area contributed by atoms with Crippen LogP contribution in [0.25, 0.3) is 0 Å². The first-order valence-electron chi connectivity index (χ1n) is 5.62. The van der Waals surface area contributed by atoms with Gasteiger partial charge in [-0.05, 0) is 24.6 Å². The number of hydrogen-bond acceptors (Lipinski definition) is 5. The molecule has 0 fully saturated rings. The predicted octanol–water partition coefficient (Wildman–Crippen LogP) is -0.00890. The Labute approximate surface area is 112 Å². The minimum absolute atomic E-state index is 0.00843. The Hall–Kier alpha value is -1.35. The summed E-state index contributed by atoms with van der Waals surface area (Å²) in [5.74, 6) is -0.231. The Morgan fingerprint density at radius 2 is 1.95 bits per heavy atom.